The first-order chi connectivity index (χ1) is 13.0. The number of benzene rings is 2. The van der Waals surface area contributed by atoms with Gasteiger partial charge in [0.15, 0.2) is 11.5 Å². The van der Waals surface area contributed by atoms with E-state index in [1.807, 2.05) is 0 Å². The smallest absolute Gasteiger partial charge is 0.345 e. The normalized spacial score (nSPS) is 10.9. The van der Waals surface area contributed by atoms with Crippen molar-refractivity contribution >= 4 is 57.0 Å². The third-order valence-electron chi connectivity index (χ3n) is 3.44. The highest BCUT2D eigenvalue weighted by atomic mass is 79.9. The lowest BCUT2D eigenvalue weighted by molar-refractivity contribution is 0.0729. The zero-order valence-electron chi connectivity index (χ0n) is 13.6. The molecule has 0 atom stereocenters. The first kappa shape index (κ1) is 19.4. The van der Waals surface area contributed by atoms with Gasteiger partial charge in [-0.1, -0.05) is 45.2 Å². The number of nitrogens with zero attached hydrogens (tertiary/aromatic N) is 2. The molecule has 0 aliphatic heterocycles. The number of carbonyl (C=O) groups excluding carboxylic acids is 1. The number of carbonyl (C=O) groups is 1. The summed E-state index contributed by atoms with van der Waals surface area (Å²) in [4.78, 5) is 20.3. The Morgan fingerprint density at radius 1 is 1.22 bits per heavy atom. The molecule has 5 nitrogen and oxygen atoms in total. The molecule has 0 bridgehead atoms. The summed E-state index contributed by atoms with van der Waals surface area (Å²) in [6, 6.07) is 11.3. The number of rotatable bonds is 4. The topological polar surface area (TPSA) is 71.8 Å². The van der Waals surface area contributed by atoms with Crippen molar-refractivity contribution < 1.29 is 14.6 Å². The number of ether oxygens (including phenoxy) is 1. The second kappa shape index (κ2) is 8.52. The largest absolute Gasteiger partial charge is 0.504 e. The molecule has 3 rings (SSSR count). The third-order valence-corrected chi connectivity index (χ3v) is 4.71. The molecule has 0 saturated carbocycles. The number of pyridine rings is 1. The van der Waals surface area contributed by atoms with Crippen molar-refractivity contribution in [2.75, 3.05) is 0 Å². The van der Waals surface area contributed by atoms with E-state index in [9.17, 15) is 9.90 Å². The van der Waals surface area contributed by atoms with Crippen LogP contribution in [0.2, 0.25) is 10.0 Å². The predicted molar refractivity (Wildman–Crippen MR) is 109 cm³/mol. The molecular formula is C19H11BrCl2N2O3. The fraction of sp³-hybridized carbons (Fsp3) is 0. The molecular weight excluding hydrogens is 455 g/mol. The lowest BCUT2D eigenvalue weighted by Gasteiger charge is -2.09. The van der Waals surface area contributed by atoms with Crippen LogP contribution >= 0.6 is 39.1 Å². The molecule has 1 heterocycles. The van der Waals surface area contributed by atoms with Gasteiger partial charge < -0.3 is 9.84 Å². The quantitative estimate of drug-likeness (QED) is 0.299. The van der Waals surface area contributed by atoms with Crippen molar-refractivity contribution in [2.45, 2.75) is 0 Å². The maximum absolute atomic E-state index is 12.2. The Morgan fingerprint density at radius 3 is 2.78 bits per heavy atom. The van der Waals surface area contributed by atoms with Gasteiger partial charge in [-0.15, -0.1) is 0 Å². The van der Waals surface area contributed by atoms with E-state index >= 15 is 0 Å². The Hall–Kier alpha value is -2.41. The summed E-state index contributed by atoms with van der Waals surface area (Å²) >= 11 is 15.4. The van der Waals surface area contributed by atoms with Crippen LogP contribution < -0.4 is 4.74 Å². The summed E-state index contributed by atoms with van der Waals surface area (Å²) in [5.41, 5.74) is 1.03. The first-order valence-corrected chi connectivity index (χ1v) is 9.13. The highest BCUT2D eigenvalue weighted by molar-refractivity contribution is 9.10. The number of aliphatic imine (C=N–C) groups is 1. The van der Waals surface area contributed by atoms with Crippen LogP contribution in [0.15, 0.2) is 64.3 Å². The van der Waals surface area contributed by atoms with E-state index in [4.69, 9.17) is 27.9 Å². The highest BCUT2D eigenvalue weighted by Crippen LogP contribution is 2.35. The summed E-state index contributed by atoms with van der Waals surface area (Å²) in [7, 11) is 0. The van der Waals surface area contributed by atoms with E-state index in [0.29, 0.717) is 25.8 Å². The number of aromatic nitrogens is 1. The standard InChI is InChI=1S/C19H11BrCl2N2O3/c20-13-7-12(10-24-15-5-1-4-14(21)17(15)22)18(25)16(8-13)27-19(26)11-3-2-6-23-9-11/h1-10,25H. The minimum Gasteiger partial charge on any atom is -0.504 e. The molecule has 0 spiro atoms. The molecule has 0 radical (unpaired) electrons. The zero-order valence-corrected chi connectivity index (χ0v) is 16.7. The molecule has 0 fully saturated rings. The van der Waals surface area contributed by atoms with Crippen LogP contribution in [0, 0.1) is 0 Å². The molecule has 1 aromatic heterocycles. The van der Waals surface area contributed by atoms with Gasteiger partial charge in [-0.3, -0.25) is 9.98 Å². The van der Waals surface area contributed by atoms with Crippen molar-refractivity contribution in [1.82, 2.24) is 4.98 Å². The Kier molecular flexibility index (Phi) is 6.11. The monoisotopic (exact) mass is 464 g/mol. The maximum Gasteiger partial charge on any atom is 0.345 e. The summed E-state index contributed by atoms with van der Waals surface area (Å²) in [5.74, 6) is -0.897. The van der Waals surface area contributed by atoms with E-state index in [-0.39, 0.29) is 17.1 Å². The van der Waals surface area contributed by atoms with Gasteiger partial charge in [-0.25, -0.2) is 4.79 Å². The van der Waals surface area contributed by atoms with Crippen molar-refractivity contribution in [3.63, 3.8) is 0 Å². The van der Waals surface area contributed by atoms with E-state index < -0.39 is 5.97 Å². The van der Waals surface area contributed by atoms with E-state index in [1.165, 1.54) is 18.5 Å². The average molecular weight is 466 g/mol. The van der Waals surface area contributed by atoms with Gasteiger partial charge in [-0.05, 0) is 36.4 Å². The number of phenolic OH excluding ortho intramolecular Hbond substituents is 1. The van der Waals surface area contributed by atoms with Gasteiger partial charge in [0.1, 0.15) is 0 Å². The maximum atomic E-state index is 12.2. The molecule has 1 N–H and O–H groups in total. The Balaban J connectivity index is 1.90. The fourth-order valence-corrected chi connectivity index (χ4v) is 2.94. The Labute approximate surface area is 173 Å². The van der Waals surface area contributed by atoms with Gasteiger partial charge in [0.2, 0.25) is 0 Å². The van der Waals surface area contributed by atoms with Crippen LogP contribution in [-0.2, 0) is 0 Å². The number of aromatic hydroxyl groups is 1. The fourth-order valence-electron chi connectivity index (χ4n) is 2.14. The molecule has 0 amide bonds. The minimum absolute atomic E-state index is 0.0168. The van der Waals surface area contributed by atoms with Crippen LogP contribution in [-0.4, -0.2) is 22.3 Å². The van der Waals surface area contributed by atoms with Gasteiger partial charge in [0.25, 0.3) is 0 Å². The van der Waals surface area contributed by atoms with Gasteiger partial charge in [0, 0.05) is 28.6 Å². The number of halogens is 3. The predicted octanol–water partition coefficient (Wildman–Crippen LogP) is 5.83. The van der Waals surface area contributed by atoms with Crippen molar-refractivity contribution in [1.29, 1.82) is 0 Å². The summed E-state index contributed by atoms with van der Waals surface area (Å²) in [6.07, 6.45) is 4.32. The number of phenols is 1. The van der Waals surface area contributed by atoms with E-state index in [2.05, 4.69) is 25.9 Å². The van der Waals surface area contributed by atoms with Crippen LogP contribution in [0.5, 0.6) is 11.5 Å². The molecule has 0 unspecified atom stereocenters. The molecule has 0 aliphatic carbocycles. The molecule has 8 heteroatoms. The minimum atomic E-state index is -0.641. The lowest BCUT2D eigenvalue weighted by atomic mass is 10.2. The molecule has 3 aromatic rings. The van der Waals surface area contributed by atoms with Gasteiger partial charge in [0.05, 0.1) is 21.3 Å². The Morgan fingerprint density at radius 2 is 2.04 bits per heavy atom. The summed E-state index contributed by atoms with van der Waals surface area (Å²) in [6.45, 7) is 0. The van der Waals surface area contributed by atoms with Crippen molar-refractivity contribution in [3.05, 3.63) is 80.5 Å². The van der Waals surface area contributed by atoms with E-state index in [0.717, 1.165) is 0 Å². The average Bonchev–Trinajstić information content (AvgIpc) is 2.66. The molecule has 136 valence electrons. The van der Waals surface area contributed by atoms with Crippen LogP contribution in [0.1, 0.15) is 15.9 Å². The first-order valence-electron chi connectivity index (χ1n) is 7.58. The summed E-state index contributed by atoms with van der Waals surface area (Å²) in [5, 5.41) is 11.1. The lowest BCUT2D eigenvalue weighted by Crippen LogP contribution is -2.09. The van der Waals surface area contributed by atoms with Crippen molar-refractivity contribution in [3.8, 4) is 11.5 Å². The summed E-state index contributed by atoms with van der Waals surface area (Å²) < 4.78 is 5.87. The second-order valence-electron chi connectivity index (χ2n) is 5.30. The third kappa shape index (κ3) is 4.66. The molecule has 2 aromatic carbocycles. The number of esters is 1. The van der Waals surface area contributed by atoms with E-state index in [1.54, 1.807) is 42.6 Å². The van der Waals surface area contributed by atoms with Crippen LogP contribution in [0.4, 0.5) is 5.69 Å². The van der Waals surface area contributed by atoms with Gasteiger partial charge >= 0.3 is 5.97 Å². The Bertz CT molecular complexity index is 1030. The second-order valence-corrected chi connectivity index (χ2v) is 7.00. The van der Waals surface area contributed by atoms with Crippen LogP contribution in [0.3, 0.4) is 0 Å². The van der Waals surface area contributed by atoms with Crippen LogP contribution in [0.25, 0.3) is 0 Å². The van der Waals surface area contributed by atoms with Crippen molar-refractivity contribution in [2.24, 2.45) is 4.99 Å². The van der Waals surface area contributed by atoms with Gasteiger partial charge in [-0.2, -0.15) is 0 Å². The number of hydrogen-bond acceptors (Lipinski definition) is 5. The number of hydrogen-bond donors (Lipinski definition) is 1. The zero-order chi connectivity index (χ0) is 19.4. The SMILES string of the molecule is O=C(Oc1cc(Br)cc(C=Nc2cccc(Cl)c2Cl)c1O)c1cccnc1. The highest BCUT2D eigenvalue weighted by Gasteiger charge is 2.15. The molecule has 27 heavy (non-hydrogen) atoms. The molecule has 0 aliphatic rings. The molecule has 0 saturated heterocycles.